The Morgan fingerprint density at radius 1 is 1.33 bits per heavy atom. The van der Waals surface area contributed by atoms with Gasteiger partial charge in [0.2, 0.25) is 6.39 Å². The van der Waals surface area contributed by atoms with Gasteiger partial charge in [0.25, 0.3) is 11.8 Å². The highest BCUT2D eigenvalue weighted by Gasteiger charge is 2.40. The normalized spacial score (nSPS) is 19.0. The van der Waals surface area contributed by atoms with Gasteiger partial charge in [-0.05, 0) is 25.0 Å². The van der Waals surface area contributed by atoms with Gasteiger partial charge in [0.15, 0.2) is 5.69 Å². The minimum atomic E-state index is -0.0784. The van der Waals surface area contributed by atoms with Gasteiger partial charge in [-0.3, -0.25) is 9.36 Å². The lowest BCUT2D eigenvalue weighted by atomic mass is 10.1. The van der Waals surface area contributed by atoms with Crippen LogP contribution < -0.4 is 0 Å². The summed E-state index contributed by atoms with van der Waals surface area (Å²) in [4.78, 5) is 19.4. The zero-order valence-electron chi connectivity index (χ0n) is 12.5. The lowest BCUT2D eigenvalue weighted by Crippen LogP contribution is -2.29. The molecule has 7 nitrogen and oxygen atoms in total. The van der Waals surface area contributed by atoms with Crippen LogP contribution in [0.5, 0.6) is 0 Å². The highest BCUT2D eigenvalue weighted by molar-refractivity contribution is 6.34. The van der Waals surface area contributed by atoms with E-state index in [2.05, 4.69) is 15.2 Å². The van der Waals surface area contributed by atoms with Crippen molar-refractivity contribution in [1.82, 2.24) is 24.6 Å². The number of nitrogens with zero attached hydrogens (tertiary/aromatic N) is 5. The van der Waals surface area contributed by atoms with Crippen LogP contribution in [-0.2, 0) is 0 Å². The van der Waals surface area contributed by atoms with Gasteiger partial charge in [-0.15, -0.1) is 10.2 Å². The van der Waals surface area contributed by atoms with E-state index in [1.807, 2.05) is 21.6 Å². The zero-order chi connectivity index (χ0) is 16.3. The first-order valence-electron chi connectivity index (χ1n) is 7.69. The van der Waals surface area contributed by atoms with E-state index in [4.69, 9.17) is 16.0 Å². The average molecular weight is 342 g/mol. The standard InChI is InChI=1S/C16H12ClN5O2/c17-9-3-1-4-10-12(9)16(23)21-6-2-5-11(21)14-13(18-7-22(10)14)15-20-19-8-24-15/h1,3-4,7-8,11H,2,5-6H2/t11-/m0/s1. The molecule has 8 heteroatoms. The Morgan fingerprint density at radius 3 is 3.08 bits per heavy atom. The fourth-order valence-corrected chi connectivity index (χ4v) is 3.92. The molecular weight excluding hydrogens is 330 g/mol. The molecule has 0 N–H and O–H groups in total. The van der Waals surface area contributed by atoms with Crippen molar-refractivity contribution in [2.45, 2.75) is 18.9 Å². The van der Waals surface area contributed by atoms with E-state index in [-0.39, 0.29) is 11.9 Å². The van der Waals surface area contributed by atoms with Crippen LogP contribution in [0.25, 0.3) is 17.3 Å². The summed E-state index contributed by atoms with van der Waals surface area (Å²) in [6.07, 6.45) is 4.77. The summed E-state index contributed by atoms with van der Waals surface area (Å²) in [6.45, 7) is 0.697. The molecule has 0 bridgehead atoms. The second-order valence-electron chi connectivity index (χ2n) is 5.88. The Kier molecular flexibility index (Phi) is 2.81. The van der Waals surface area contributed by atoms with Crippen molar-refractivity contribution in [2.75, 3.05) is 6.54 Å². The van der Waals surface area contributed by atoms with Crippen LogP contribution >= 0.6 is 11.6 Å². The minimum absolute atomic E-state index is 0.0433. The van der Waals surface area contributed by atoms with Crippen molar-refractivity contribution in [3.63, 3.8) is 0 Å². The largest absolute Gasteiger partial charge is 0.422 e. The summed E-state index contributed by atoms with van der Waals surface area (Å²) < 4.78 is 7.27. The van der Waals surface area contributed by atoms with Crippen molar-refractivity contribution in [1.29, 1.82) is 0 Å². The fraction of sp³-hybridized carbons (Fsp3) is 0.250. The third kappa shape index (κ3) is 1.73. The quantitative estimate of drug-likeness (QED) is 0.680. The molecule has 1 fully saturated rings. The second-order valence-corrected chi connectivity index (χ2v) is 6.29. The molecule has 4 heterocycles. The number of carbonyl (C=O) groups is 1. The van der Waals surface area contributed by atoms with E-state index in [9.17, 15) is 4.79 Å². The van der Waals surface area contributed by atoms with Crippen LogP contribution in [0.15, 0.2) is 35.3 Å². The van der Waals surface area contributed by atoms with Crippen LogP contribution in [-0.4, -0.2) is 37.1 Å². The smallest absolute Gasteiger partial charge is 0.268 e. The molecule has 0 radical (unpaired) electrons. The summed E-state index contributed by atoms with van der Waals surface area (Å²) in [7, 11) is 0. The molecule has 1 amide bonds. The molecule has 0 aliphatic carbocycles. The van der Waals surface area contributed by atoms with Gasteiger partial charge in [-0.25, -0.2) is 4.98 Å². The van der Waals surface area contributed by atoms with Crippen LogP contribution in [0.3, 0.4) is 0 Å². The Balaban J connectivity index is 1.84. The molecule has 24 heavy (non-hydrogen) atoms. The number of benzene rings is 1. The second kappa shape index (κ2) is 4.91. The van der Waals surface area contributed by atoms with Crippen LogP contribution in [0.2, 0.25) is 5.02 Å². The molecule has 2 aromatic heterocycles. The van der Waals surface area contributed by atoms with E-state index in [0.29, 0.717) is 28.7 Å². The van der Waals surface area contributed by atoms with E-state index in [0.717, 1.165) is 24.2 Å². The van der Waals surface area contributed by atoms with Crippen LogP contribution in [0.1, 0.15) is 34.9 Å². The fourth-order valence-electron chi connectivity index (χ4n) is 3.67. The number of halogens is 1. The number of carbonyl (C=O) groups excluding carboxylic acids is 1. The molecule has 2 aliphatic heterocycles. The molecule has 1 saturated heterocycles. The van der Waals surface area contributed by atoms with Gasteiger partial charge in [0.1, 0.15) is 6.33 Å². The van der Waals surface area contributed by atoms with Gasteiger partial charge in [-0.2, -0.15) is 0 Å². The predicted molar refractivity (Wildman–Crippen MR) is 84.9 cm³/mol. The number of fused-ring (bicyclic) bond motifs is 5. The van der Waals surface area contributed by atoms with E-state index >= 15 is 0 Å². The number of rotatable bonds is 1. The molecule has 1 aromatic carbocycles. The van der Waals surface area contributed by atoms with Gasteiger partial charge in [-0.1, -0.05) is 17.7 Å². The third-order valence-corrected chi connectivity index (χ3v) is 4.98. The molecule has 2 aliphatic rings. The topological polar surface area (TPSA) is 77.0 Å². The number of aromatic nitrogens is 4. The van der Waals surface area contributed by atoms with Crippen molar-refractivity contribution in [3.05, 3.63) is 47.2 Å². The third-order valence-electron chi connectivity index (χ3n) is 4.66. The highest BCUT2D eigenvalue weighted by atomic mass is 35.5. The maximum absolute atomic E-state index is 13.1. The van der Waals surface area contributed by atoms with Gasteiger partial charge in [0, 0.05) is 6.54 Å². The van der Waals surface area contributed by atoms with Crippen molar-refractivity contribution in [2.24, 2.45) is 0 Å². The Bertz CT molecular complexity index is 950. The molecule has 0 saturated carbocycles. The average Bonchev–Trinajstić information content (AvgIpc) is 3.31. The number of hydrogen-bond donors (Lipinski definition) is 0. The summed E-state index contributed by atoms with van der Waals surface area (Å²) in [5, 5.41) is 8.17. The highest BCUT2D eigenvalue weighted by Crippen LogP contribution is 2.43. The maximum atomic E-state index is 13.1. The minimum Gasteiger partial charge on any atom is -0.422 e. The summed E-state index contributed by atoms with van der Waals surface area (Å²) in [5.74, 6) is 0.312. The molecule has 0 unspecified atom stereocenters. The van der Waals surface area contributed by atoms with Crippen molar-refractivity contribution < 1.29 is 9.21 Å². The van der Waals surface area contributed by atoms with Crippen molar-refractivity contribution in [3.8, 4) is 17.3 Å². The lowest BCUT2D eigenvalue weighted by molar-refractivity contribution is 0.0739. The first-order valence-corrected chi connectivity index (χ1v) is 8.07. The summed E-state index contributed by atoms with van der Waals surface area (Å²) >= 11 is 6.35. The monoisotopic (exact) mass is 341 g/mol. The van der Waals surface area contributed by atoms with Crippen LogP contribution in [0, 0.1) is 0 Å². The first-order chi connectivity index (χ1) is 11.8. The Morgan fingerprint density at radius 2 is 2.25 bits per heavy atom. The molecule has 1 atom stereocenters. The number of hydrogen-bond acceptors (Lipinski definition) is 5. The lowest BCUT2D eigenvalue weighted by Gasteiger charge is -2.22. The van der Waals surface area contributed by atoms with Gasteiger partial charge >= 0.3 is 0 Å². The SMILES string of the molecule is O=C1c2c(Cl)cccc2-n2cnc(-c3nnco3)c2[C@@H]2CCCN12. The molecule has 120 valence electrons. The van der Waals surface area contributed by atoms with Gasteiger partial charge < -0.3 is 9.32 Å². The molecule has 3 aromatic rings. The van der Waals surface area contributed by atoms with E-state index in [1.54, 1.807) is 12.4 Å². The predicted octanol–water partition coefficient (Wildman–Crippen LogP) is 2.87. The molecule has 0 spiro atoms. The maximum Gasteiger partial charge on any atom is 0.268 e. The zero-order valence-corrected chi connectivity index (χ0v) is 13.3. The van der Waals surface area contributed by atoms with Gasteiger partial charge in [0.05, 0.1) is 28.0 Å². The van der Waals surface area contributed by atoms with Crippen molar-refractivity contribution >= 4 is 17.5 Å². The number of amides is 1. The van der Waals surface area contributed by atoms with E-state index < -0.39 is 0 Å². The van der Waals surface area contributed by atoms with Crippen LogP contribution in [0.4, 0.5) is 0 Å². The van der Waals surface area contributed by atoms with E-state index in [1.165, 1.54) is 6.39 Å². The Hall–Kier alpha value is -2.67. The molecule has 5 rings (SSSR count). The number of imidazole rings is 1. The Labute approximate surface area is 141 Å². The summed E-state index contributed by atoms with van der Waals surface area (Å²) in [5.41, 5.74) is 2.76. The molecular formula is C16H12ClN5O2. The summed E-state index contributed by atoms with van der Waals surface area (Å²) in [6, 6.07) is 5.38. The first kappa shape index (κ1) is 13.7.